The number of rotatable bonds is 5. The van der Waals surface area contributed by atoms with Gasteiger partial charge < -0.3 is 9.26 Å². The van der Waals surface area contributed by atoms with Crippen LogP contribution in [0.1, 0.15) is 31.7 Å². The van der Waals surface area contributed by atoms with Crippen LogP contribution in [0.5, 0.6) is 0 Å². The van der Waals surface area contributed by atoms with Gasteiger partial charge in [-0.15, -0.1) is 0 Å². The van der Waals surface area contributed by atoms with Gasteiger partial charge in [-0.05, 0) is 6.42 Å². The van der Waals surface area contributed by atoms with Crippen molar-refractivity contribution in [2.24, 2.45) is 0 Å². The van der Waals surface area contributed by atoms with E-state index in [0.717, 1.165) is 36.5 Å². The van der Waals surface area contributed by atoms with Gasteiger partial charge in [0, 0.05) is 18.1 Å². The lowest BCUT2D eigenvalue weighted by molar-refractivity contribution is 0.173. The molecule has 4 nitrogen and oxygen atoms in total. The third-order valence-corrected chi connectivity index (χ3v) is 3.37. The number of benzene rings is 1. The van der Waals surface area contributed by atoms with Crippen LogP contribution in [0.2, 0.25) is 0 Å². The molecule has 0 N–H and O–H groups in total. The fraction of sp³-hybridized carbons (Fsp3) is 0.312. The third kappa shape index (κ3) is 2.54. The van der Waals surface area contributed by atoms with Gasteiger partial charge in [-0.1, -0.05) is 48.8 Å². The van der Waals surface area contributed by atoms with Crippen molar-refractivity contribution in [2.45, 2.75) is 32.4 Å². The number of anilines is 1. The molecule has 0 radical (unpaired) electrons. The fourth-order valence-corrected chi connectivity index (χ4v) is 2.31. The molecule has 4 heteroatoms. The Balaban J connectivity index is 1.85. The maximum Gasteiger partial charge on any atom is 0.234 e. The number of unbranched alkanes of at least 4 members (excludes halogenated alkanes) is 1. The Morgan fingerprint density at radius 1 is 1.20 bits per heavy atom. The second kappa shape index (κ2) is 5.82. The molecule has 0 fully saturated rings. The molecule has 1 aromatic carbocycles. The second-order valence-electron chi connectivity index (χ2n) is 4.83. The quantitative estimate of drug-likeness (QED) is 0.822. The van der Waals surface area contributed by atoms with Crippen LogP contribution in [0.15, 0.2) is 53.3 Å². The summed E-state index contributed by atoms with van der Waals surface area (Å²) in [6.45, 7) is 2.18. The first-order chi connectivity index (χ1) is 9.88. The van der Waals surface area contributed by atoms with Crippen LogP contribution < -0.4 is 4.90 Å². The largest absolute Gasteiger partial charge is 0.468 e. The summed E-state index contributed by atoms with van der Waals surface area (Å²) in [6, 6.07) is 12.0. The van der Waals surface area contributed by atoms with E-state index in [4.69, 9.17) is 9.26 Å². The summed E-state index contributed by atoms with van der Waals surface area (Å²) < 4.78 is 11.3. The maximum atomic E-state index is 6.09. The molecule has 0 aliphatic carbocycles. The summed E-state index contributed by atoms with van der Waals surface area (Å²) in [4.78, 5) is 2.02. The average Bonchev–Trinajstić information content (AvgIpc) is 3.15. The van der Waals surface area contributed by atoms with Gasteiger partial charge >= 0.3 is 0 Å². The summed E-state index contributed by atoms with van der Waals surface area (Å²) in [7, 11) is 0. The fourth-order valence-electron chi connectivity index (χ4n) is 2.31. The first-order valence-electron chi connectivity index (χ1n) is 7.01. The molecule has 0 saturated heterocycles. The van der Waals surface area contributed by atoms with Gasteiger partial charge in [0.15, 0.2) is 6.23 Å². The lowest BCUT2D eigenvalue weighted by Crippen LogP contribution is -2.27. The SMILES string of the molecule is CCCCC1OC(c2ccccc2)=CN1c1ccno1. The summed E-state index contributed by atoms with van der Waals surface area (Å²) in [5.74, 6) is 1.60. The van der Waals surface area contributed by atoms with E-state index in [2.05, 4.69) is 12.1 Å². The topological polar surface area (TPSA) is 38.5 Å². The van der Waals surface area contributed by atoms with Gasteiger partial charge in [-0.2, -0.15) is 0 Å². The van der Waals surface area contributed by atoms with Crippen molar-refractivity contribution in [3.63, 3.8) is 0 Å². The number of ether oxygens (including phenoxy) is 1. The van der Waals surface area contributed by atoms with Crippen LogP contribution >= 0.6 is 0 Å². The van der Waals surface area contributed by atoms with Crippen LogP contribution in [0.4, 0.5) is 5.88 Å². The monoisotopic (exact) mass is 270 g/mol. The predicted octanol–water partition coefficient (Wildman–Crippen LogP) is 4.03. The van der Waals surface area contributed by atoms with Gasteiger partial charge in [0.25, 0.3) is 0 Å². The minimum Gasteiger partial charge on any atom is -0.468 e. The maximum absolute atomic E-state index is 6.09. The highest BCUT2D eigenvalue weighted by Crippen LogP contribution is 2.32. The van der Waals surface area contributed by atoms with E-state index in [-0.39, 0.29) is 6.23 Å². The molecule has 0 spiro atoms. The zero-order chi connectivity index (χ0) is 13.8. The van der Waals surface area contributed by atoms with Gasteiger partial charge in [-0.25, -0.2) is 0 Å². The number of hydrogen-bond acceptors (Lipinski definition) is 4. The van der Waals surface area contributed by atoms with E-state index in [1.54, 1.807) is 6.20 Å². The van der Waals surface area contributed by atoms with E-state index < -0.39 is 0 Å². The lowest BCUT2D eigenvalue weighted by Gasteiger charge is -2.21. The smallest absolute Gasteiger partial charge is 0.234 e. The molecule has 1 aliphatic heterocycles. The third-order valence-electron chi connectivity index (χ3n) is 3.37. The Morgan fingerprint density at radius 2 is 2.05 bits per heavy atom. The van der Waals surface area contributed by atoms with Crippen LogP contribution in [0.25, 0.3) is 5.76 Å². The molecule has 1 unspecified atom stereocenters. The molecule has 104 valence electrons. The molecule has 0 amide bonds. The minimum absolute atomic E-state index is 0.0156. The molecule has 2 aromatic rings. The van der Waals surface area contributed by atoms with Gasteiger partial charge in [0.2, 0.25) is 5.88 Å². The zero-order valence-electron chi connectivity index (χ0n) is 11.5. The summed E-state index contributed by atoms with van der Waals surface area (Å²) in [6.07, 6.45) is 6.86. The first-order valence-corrected chi connectivity index (χ1v) is 7.01. The Bertz CT molecular complexity index is 563. The summed E-state index contributed by atoms with van der Waals surface area (Å²) in [5, 5.41) is 3.78. The van der Waals surface area contributed by atoms with Crippen molar-refractivity contribution < 1.29 is 9.26 Å². The zero-order valence-corrected chi connectivity index (χ0v) is 11.5. The first kappa shape index (κ1) is 12.8. The standard InChI is InChI=1S/C16H18N2O2/c1-2-3-9-15-18(16-10-11-17-20-16)12-14(19-15)13-7-5-4-6-8-13/h4-8,10-12,15H,2-3,9H2,1H3. The predicted molar refractivity (Wildman–Crippen MR) is 77.8 cm³/mol. The number of nitrogens with zero attached hydrogens (tertiary/aromatic N) is 2. The molecule has 1 aromatic heterocycles. The lowest BCUT2D eigenvalue weighted by atomic mass is 10.2. The molecule has 3 rings (SSSR count). The van der Waals surface area contributed by atoms with E-state index in [9.17, 15) is 0 Å². The van der Waals surface area contributed by atoms with Crippen LogP contribution in [-0.2, 0) is 4.74 Å². The number of hydrogen-bond donors (Lipinski definition) is 0. The molecular formula is C16H18N2O2. The van der Waals surface area contributed by atoms with Crippen molar-refractivity contribution >= 4 is 11.6 Å². The van der Waals surface area contributed by atoms with Crippen LogP contribution in [-0.4, -0.2) is 11.4 Å². The van der Waals surface area contributed by atoms with Crippen molar-refractivity contribution in [1.29, 1.82) is 0 Å². The van der Waals surface area contributed by atoms with E-state index in [0.29, 0.717) is 0 Å². The van der Waals surface area contributed by atoms with Gasteiger partial charge in [0.1, 0.15) is 5.76 Å². The van der Waals surface area contributed by atoms with Crippen LogP contribution in [0, 0.1) is 0 Å². The van der Waals surface area contributed by atoms with E-state index in [1.807, 2.05) is 47.5 Å². The molecular weight excluding hydrogens is 252 g/mol. The normalized spacial score (nSPS) is 17.9. The van der Waals surface area contributed by atoms with Crippen molar-refractivity contribution in [3.8, 4) is 0 Å². The van der Waals surface area contributed by atoms with E-state index in [1.165, 1.54) is 0 Å². The summed E-state index contributed by atoms with van der Waals surface area (Å²) >= 11 is 0. The van der Waals surface area contributed by atoms with Crippen molar-refractivity contribution in [3.05, 3.63) is 54.4 Å². The molecule has 0 saturated carbocycles. The Morgan fingerprint density at radius 3 is 2.75 bits per heavy atom. The Hall–Kier alpha value is -2.23. The second-order valence-corrected chi connectivity index (χ2v) is 4.83. The van der Waals surface area contributed by atoms with Crippen LogP contribution in [0.3, 0.4) is 0 Å². The molecule has 0 bridgehead atoms. The molecule has 2 heterocycles. The van der Waals surface area contributed by atoms with Crippen molar-refractivity contribution in [2.75, 3.05) is 4.90 Å². The van der Waals surface area contributed by atoms with Gasteiger partial charge in [-0.3, -0.25) is 4.90 Å². The number of aromatic nitrogens is 1. The Labute approximate surface area is 118 Å². The molecule has 1 atom stereocenters. The highest BCUT2D eigenvalue weighted by Gasteiger charge is 2.29. The van der Waals surface area contributed by atoms with Gasteiger partial charge in [0.05, 0.1) is 12.4 Å². The highest BCUT2D eigenvalue weighted by molar-refractivity contribution is 5.66. The average molecular weight is 270 g/mol. The minimum atomic E-state index is -0.0156. The Kier molecular flexibility index (Phi) is 3.72. The molecule has 1 aliphatic rings. The molecule has 20 heavy (non-hydrogen) atoms. The van der Waals surface area contributed by atoms with E-state index >= 15 is 0 Å². The van der Waals surface area contributed by atoms with Crippen molar-refractivity contribution in [1.82, 2.24) is 5.16 Å². The highest BCUT2D eigenvalue weighted by atomic mass is 16.5. The summed E-state index contributed by atoms with van der Waals surface area (Å²) in [5.41, 5.74) is 1.08.